The molecule has 11 N–H and O–H groups in total. The molecule has 0 saturated heterocycles. The average Bonchev–Trinajstić information content (AvgIpc) is 3.77. The standard InChI is InChI=1S/C28H30BrN11O5S/c1-11-16(8-33-20(11)25(43)32-6-5-19(30)31)37-27(45)22-13(3)17(9-35-22)38-26(44)21-12(2)15(7-34-21)36-24(42)18-10-46-28(39-18)40-23(41)14(4)29/h7-10,33-35H,4-6H2,1-3H3,(H3,30,31)(H,32,43)(H,36,42)(H,37,45)(H,38,44)(H,39,40,41). The van der Waals surface area contributed by atoms with Gasteiger partial charge in [0, 0.05) is 53.6 Å². The van der Waals surface area contributed by atoms with Gasteiger partial charge in [-0.25, -0.2) is 4.98 Å². The molecule has 4 heterocycles. The van der Waals surface area contributed by atoms with Crippen LogP contribution in [0.1, 0.15) is 65.1 Å². The number of hydrogen-bond donors (Lipinski definition) is 10. The number of anilines is 4. The molecule has 16 nitrogen and oxygen atoms in total. The molecule has 18 heteroatoms. The third-order valence-corrected chi connectivity index (χ3v) is 7.85. The van der Waals surface area contributed by atoms with E-state index in [-0.39, 0.29) is 51.2 Å². The van der Waals surface area contributed by atoms with E-state index >= 15 is 0 Å². The first-order valence-electron chi connectivity index (χ1n) is 13.5. The molecule has 0 aliphatic rings. The van der Waals surface area contributed by atoms with Crippen molar-refractivity contribution in [3.8, 4) is 0 Å². The smallest absolute Gasteiger partial charge is 0.275 e. The van der Waals surface area contributed by atoms with Gasteiger partial charge in [0.2, 0.25) is 0 Å². The number of aromatic nitrogens is 4. The first kappa shape index (κ1) is 33.4. The predicted molar refractivity (Wildman–Crippen MR) is 178 cm³/mol. The number of halogens is 1. The number of nitrogens with two attached hydrogens (primary N) is 1. The molecule has 4 aromatic rings. The van der Waals surface area contributed by atoms with Crippen LogP contribution in [0.2, 0.25) is 0 Å². The normalized spacial score (nSPS) is 10.6. The van der Waals surface area contributed by atoms with Crippen molar-refractivity contribution in [2.75, 3.05) is 27.8 Å². The summed E-state index contributed by atoms with van der Waals surface area (Å²) in [5, 5.41) is 22.3. The number of rotatable bonds is 12. The summed E-state index contributed by atoms with van der Waals surface area (Å²) >= 11 is 4.04. The molecular formula is C28H30BrN11O5S. The Morgan fingerprint density at radius 2 is 1.28 bits per heavy atom. The van der Waals surface area contributed by atoms with Gasteiger partial charge < -0.3 is 42.0 Å². The zero-order chi connectivity index (χ0) is 33.7. The van der Waals surface area contributed by atoms with Crippen LogP contribution in [0.25, 0.3) is 0 Å². The third kappa shape index (κ3) is 7.59. The summed E-state index contributed by atoms with van der Waals surface area (Å²) in [7, 11) is 0. The van der Waals surface area contributed by atoms with E-state index in [1.807, 2.05) is 0 Å². The van der Waals surface area contributed by atoms with Crippen molar-refractivity contribution in [3.63, 3.8) is 0 Å². The van der Waals surface area contributed by atoms with Gasteiger partial charge in [-0.15, -0.1) is 11.3 Å². The topological polar surface area (TPSA) is 256 Å². The van der Waals surface area contributed by atoms with Crippen molar-refractivity contribution in [1.29, 1.82) is 5.41 Å². The van der Waals surface area contributed by atoms with Crippen molar-refractivity contribution in [3.05, 3.63) is 74.5 Å². The number of carbonyl (C=O) groups is 5. The molecule has 0 aliphatic carbocycles. The number of H-pyrrole nitrogens is 3. The molecule has 0 spiro atoms. The van der Waals surface area contributed by atoms with Crippen LogP contribution in [0.3, 0.4) is 0 Å². The Morgan fingerprint density at radius 3 is 1.74 bits per heavy atom. The lowest BCUT2D eigenvalue weighted by molar-refractivity contribution is -0.112. The highest BCUT2D eigenvalue weighted by Gasteiger charge is 2.22. The average molecular weight is 713 g/mol. The van der Waals surface area contributed by atoms with Gasteiger partial charge in [-0.05, 0) is 36.7 Å². The molecule has 0 aromatic carbocycles. The molecule has 0 aliphatic heterocycles. The number of amidine groups is 1. The van der Waals surface area contributed by atoms with Crippen molar-refractivity contribution in [1.82, 2.24) is 25.3 Å². The summed E-state index contributed by atoms with van der Waals surface area (Å²) in [5.41, 5.74) is 8.55. The van der Waals surface area contributed by atoms with Crippen LogP contribution >= 0.6 is 27.3 Å². The Bertz CT molecular complexity index is 1880. The number of nitrogens with zero attached hydrogens (tertiary/aromatic N) is 1. The molecule has 5 amide bonds. The predicted octanol–water partition coefficient (Wildman–Crippen LogP) is 3.71. The first-order chi connectivity index (χ1) is 21.8. The van der Waals surface area contributed by atoms with E-state index in [4.69, 9.17) is 11.1 Å². The minimum Gasteiger partial charge on any atom is -0.388 e. The molecule has 240 valence electrons. The second-order valence-electron chi connectivity index (χ2n) is 9.90. The molecule has 0 bridgehead atoms. The first-order valence-corrected chi connectivity index (χ1v) is 15.1. The number of carbonyl (C=O) groups excluding carboxylic acids is 5. The van der Waals surface area contributed by atoms with Crippen molar-refractivity contribution < 1.29 is 24.0 Å². The lowest BCUT2D eigenvalue weighted by atomic mass is 10.2. The zero-order valence-electron chi connectivity index (χ0n) is 24.8. The third-order valence-electron chi connectivity index (χ3n) is 6.73. The summed E-state index contributed by atoms with van der Waals surface area (Å²) in [6.07, 6.45) is 4.65. The molecule has 0 unspecified atom stereocenters. The lowest BCUT2D eigenvalue weighted by Crippen LogP contribution is -2.28. The Balaban J connectivity index is 1.38. The van der Waals surface area contributed by atoms with Crippen molar-refractivity contribution in [2.24, 2.45) is 5.73 Å². The maximum absolute atomic E-state index is 13.1. The quantitative estimate of drug-likeness (QED) is 0.0591. The van der Waals surface area contributed by atoms with Crippen molar-refractivity contribution >= 4 is 84.8 Å². The second-order valence-corrected chi connectivity index (χ2v) is 11.7. The van der Waals surface area contributed by atoms with E-state index < -0.39 is 29.5 Å². The molecule has 0 saturated carbocycles. The lowest BCUT2D eigenvalue weighted by Gasteiger charge is -2.07. The fourth-order valence-electron chi connectivity index (χ4n) is 4.14. The van der Waals surface area contributed by atoms with E-state index in [1.54, 1.807) is 20.8 Å². The number of amides is 5. The fourth-order valence-corrected chi connectivity index (χ4v) is 4.92. The molecule has 4 rings (SSSR count). The second kappa shape index (κ2) is 14.1. The number of nitrogens with one attached hydrogen (secondary N) is 9. The molecule has 46 heavy (non-hydrogen) atoms. The van der Waals surface area contributed by atoms with Crippen LogP contribution in [0, 0.1) is 26.2 Å². The number of thiazole rings is 1. The minimum absolute atomic E-state index is 0.0424. The maximum Gasteiger partial charge on any atom is 0.275 e. The van der Waals surface area contributed by atoms with Gasteiger partial charge in [0.05, 0.1) is 27.4 Å². The highest BCUT2D eigenvalue weighted by Crippen LogP contribution is 2.25. The van der Waals surface area contributed by atoms with Gasteiger partial charge in [0.25, 0.3) is 29.5 Å². The van der Waals surface area contributed by atoms with E-state index in [2.05, 4.69) is 69.0 Å². The largest absolute Gasteiger partial charge is 0.388 e. The van der Waals surface area contributed by atoms with Crippen molar-refractivity contribution in [2.45, 2.75) is 27.2 Å². The van der Waals surface area contributed by atoms with Gasteiger partial charge in [-0.3, -0.25) is 34.7 Å². The van der Waals surface area contributed by atoms with Gasteiger partial charge in [-0.1, -0.05) is 6.58 Å². The number of hydrogen-bond acceptors (Lipinski definition) is 8. The summed E-state index contributed by atoms with van der Waals surface area (Å²) < 4.78 is 0.115. The fraction of sp³-hybridized carbons (Fsp3) is 0.179. The highest BCUT2D eigenvalue weighted by molar-refractivity contribution is 9.12. The summed E-state index contributed by atoms with van der Waals surface area (Å²) in [4.78, 5) is 75.8. The highest BCUT2D eigenvalue weighted by atomic mass is 79.9. The van der Waals surface area contributed by atoms with Crippen LogP contribution in [-0.4, -0.2) is 61.9 Å². The molecule has 4 aromatic heterocycles. The monoisotopic (exact) mass is 711 g/mol. The Kier molecular flexibility index (Phi) is 10.2. The van der Waals surface area contributed by atoms with Crippen LogP contribution in [0.4, 0.5) is 22.2 Å². The summed E-state index contributed by atoms with van der Waals surface area (Å²) in [6.45, 7) is 8.66. The molecule has 0 radical (unpaired) electrons. The number of aromatic amines is 3. The van der Waals surface area contributed by atoms with E-state index in [9.17, 15) is 24.0 Å². The van der Waals surface area contributed by atoms with Crippen LogP contribution < -0.4 is 32.3 Å². The maximum atomic E-state index is 13.1. The van der Waals surface area contributed by atoms with Gasteiger partial charge in [0.1, 0.15) is 22.8 Å². The minimum atomic E-state index is -0.543. The van der Waals surface area contributed by atoms with Crippen LogP contribution in [0.5, 0.6) is 0 Å². The Morgan fingerprint density at radius 1 is 0.826 bits per heavy atom. The Hall–Kier alpha value is -5.49. The van der Waals surface area contributed by atoms with Gasteiger partial charge in [0.15, 0.2) is 5.13 Å². The van der Waals surface area contributed by atoms with E-state index in [0.717, 1.165) is 11.3 Å². The van der Waals surface area contributed by atoms with Gasteiger partial charge >= 0.3 is 0 Å². The Labute approximate surface area is 274 Å². The summed E-state index contributed by atoms with van der Waals surface area (Å²) in [5.74, 6) is -2.48. The SMILES string of the molecule is C=C(Br)C(=O)Nc1nc(C(=O)Nc2c[nH]c(C(=O)Nc3c[nH]c(C(=O)Nc4c[nH]c(C(=O)NCCC(=N)N)c4C)c3C)c2C)cs1. The van der Waals surface area contributed by atoms with Crippen LogP contribution in [0.15, 0.2) is 35.0 Å². The molecular weight excluding hydrogens is 682 g/mol. The molecule has 0 atom stereocenters. The van der Waals surface area contributed by atoms with Gasteiger partial charge in [-0.2, -0.15) is 0 Å². The summed E-state index contributed by atoms with van der Waals surface area (Å²) in [6, 6.07) is 0. The molecule has 0 fully saturated rings. The zero-order valence-corrected chi connectivity index (χ0v) is 27.2. The van der Waals surface area contributed by atoms with E-state index in [1.165, 1.54) is 24.0 Å². The van der Waals surface area contributed by atoms with Crippen LogP contribution in [-0.2, 0) is 4.79 Å². The van der Waals surface area contributed by atoms with E-state index in [0.29, 0.717) is 33.8 Å².